The van der Waals surface area contributed by atoms with E-state index in [0.29, 0.717) is 6.54 Å². The van der Waals surface area contributed by atoms with E-state index in [1.165, 1.54) is 12.1 Å². The number of likely N-dealkylation sites (tertiary alicyclic amines) is 1. The summed E-state index contributed by atoms with van der Waals surface area (Å²) in [5.74, 6) is -0.732. The minimum atomic E-state index is -0.549. The van der Waals surface area contributed by atoms with Crippen LogP contribution in [-0.2, 0) is 0 Å². The summed E-state index contributed by atoms with van der Waals surface area (Å²) in [4.78, 5) is 14.1. The topological polar surface area (TPSA) is 32.3 Å². The third-order valence-electron chi connectivity index (χ3n) is 3.26. The van der Waals surface area contributed by atoms with Crippen molar-refractivity contribution in [1.82, 2.24) is 10.2 Å². The van der Waals surface area contributed by atoms with Gasteiger partial charge in [-0.3, -0.25) is 4.79 Å². The van der Waals surface area contributed by atoms with Crippen LogP contribution in [0.25, 0.3) is 0 Å². The number of amides is 1. The quantitative estimate of drug-likeness (QED) is 0.914. The first-order valence-electron chi connectivity index (χ1n) is 6.04. The highest BCUT2D eigenvalue weighted by atomic mass is 35.5. The van der Waals surface area contributed by atoms with Crippen LogP contribution in [0.1, 0.15) is 23.2 Å². The first kappa shape index (κ1) is 13.3. The van der Waals surface area contributed by atoms with Gasteiger partial charge in [0.25, 0.3) is 5.91 Å². The Kier molecular flexibility index (Phi) is 4.19. The summed E-state index contributed by atoms with van der Waals surface area (Å²) in [6, 6.07) is 4.51. The Morgan fingerprint density at radius 1 is 1.61 bits per heavy atom. The summed E-state index contributed by atoms with van der Waals surface area (Å²) >= 11 is 5.85. The van der Waals surface area contributed by atoms with Crippen LogP contribution < -0.4 is 5.32 Å². The highest BCUT2D eigenvalue weighted by molar-refractivity contribution is 6.34. The molecule has 1 aromatic carbocycles. The Morgan fingerprint density at radius 2 is 2.39 bits per heavy atom. The molecule has 1 heterocycles. The van der Waals surface area contributed by atoms with Crippen LogP contribution in [0, 0.1) is 5.82 Å². The Hall–Kier alpha value is -1.13. The van der Waals surface area contributed by atoms with Crippen LogP contribution in [0.2, 0.25) is 5.02 Å². The zero-order valence-corrected chi connectivity index (χ0v) is 11.0. The fraction of sp³-hybridized carbons (Fsp3) is 0.462. The average molecular weight is 271 g/mol. The van der Waals surface area contributed by atoms with E-state index in [4.69, 9.17) is 11.6 Å². The van der Waals surface area contributed by atoms with Gasteiger partial charge in [-0.05, 0) is 32.0 Å². The minimum Gasteiger partial charge on any atom is -0.334 e. The molecule has 0 bridgehead atoms. The van der Waals surface area contributed by atoms with E-state index in [1.54, 1.807) is 11.0 Å². The number of likely N-dealkylation sites (N-methyl/N-ethyl adjacent to an activating group) is 1. The van der Waals surface area contributed by atoms with Crippen molar-refractivity contribution in [1.29, 1.82) is 0 Å². The Balaban J connectivity index is 2.23. The number of hydrogen-bond donors (Lipinski definition) is 1. The third-order valence-corrected chi connectivity index (χ3v) is 3.64. The van der Waals surface area contributed by atoms with Gasteiger partial charge in [0.15, 0.2) is 0 Å². The Labute approximate surface area is 111 Å². The minimum absolute atomic E-state index is 0.0855. The van der Waals surface area contributed by atoms with Crippen LogP contribution in [0.5, 0.6) is 0 Å². The van der Waals surface area contributed by atoms with E-state index in [9.17, 15) is 9.18 Å². The van der Waals surface area contributed by atoms with Crippen molar-refractivity contribution in [3.63, 3.8) is 0 Å². The van der Waals surface area contributed by atoms with E-state index >= 15 is 0 Å². The number of nitrogens with zero attached hydrogens (tertiary/aromatic N) is 1. The van der Waals surface area contributed by atoms with Gasteiger partial charge < -0.3 is 10.2 Å². The van der Waals surface area contributed by atoms with E-state index in [-0.39, 0.29) is 22.5 Å². The van der Waals surface area contributed by atoms with E-state index in [0.717, 1.165) is 19.4 Å². The van der Waals surface area contributed by atoms with Crippen molar-refractivity contribution < 1.29 is 9.18 Å². The molecular formula is C13H16ClFN2O. The number of benzene rings is 1. The van der Waals surface area contributed by atoms with E-state index in [1.807, 2.05) is 7.05 Å². The van der Waals surface area contributed by atoms with E-state index in [2.05, 4.69) is 5.32 Å². The predicted molar refractivity (Wildman–Crippen MR) is 69.4 cm³/mol. The fourth-order valence-electron chi connectivity index (χ4n) is 2.37. The molecule has 1 aliphatic rings. The smallest absolute Gasteiger partial charge is 0.255 e. The van der Waals surface area contributed by atoms with Crippen molar-refractivity contribution >= 4 is 17.5 Å². The Bertz CT molecular complexity index is 453. The number of carbonyl (C=O) groups excluding carboxylic acids is 1. The normalized spacial score (nSPS) is 19.3. The summed E-state index contributed by atoms with van der Waals surface area (Å²) < 4.78 is 13.4. The van der Waals surface area contributed by atoms with Crippen LogP contribution in [-0.4, -0.2) is 37.0 Å². The van der Waals surface area contributed by atoms with Gasteiger partial charge in [-0.15, -0.1) is 0 Å². The molecule has 0 radical (unpaired) electrons. The molecule has 1 saturated heterocycles. The number of carbonyl (C=O) groups is 1. The summed E-state index contributed by atoms with van der Waals surface area (Å²) in [5.41, 5.74) is 0.250. The van der Waals surface area contributed by atoms with Crippen LogP contribution in [0.3, 0.4) is 0 Å². The van der Waals surface area contributed by atoms with Crippen molar-refractivity contribution in [3.8, 4) is 0 Å². The molecule has 0 aliphatic carbocycles. The van der Waals surface area contributed by atoms with Crippen LogP contribution >= 0.6 is 11.6 Å². The molecule has 1 aromatic rings. The number of rotatable bonds is 3. The second kappa shape index (κ2) is 5.67. The first-order chi connectivity index (χ1) is 8.65. The van der Waals surface area contributed by atoms with Crippen molar-refractivity contribution in [2.75, 3.05) is 20.1 Å². The molecule has 3 nitrogen and oxygen atoms in total. The molecule has 5 heteroatoms. The van der Waals surface area contributed by atoms with Gasteiger partial charge in [-0.25, -0.2) is 4.39 Å². The molecule has 1 aliphatic heterocycles. The number of halogens is 2. The lowest BCUT2D eigenvalue weighted by Crippen LogP contribution is -2.41. The Morgan fingerprint density at radius 3 is 3.11 bits per heavy atom. The third kappa shape index (κ3) is 2.49. The highest BCUT2D eigenvalue weighted by Gasteiger charge is 2.30. The molecule has 1 atom stereocenters. The summed E-state index contributed by atoms with van der Waals surface area (Å²) in [7, 11) is 1.86. The molecule has 18 heavy (non-hydrogen) atoms. The van der Waals surface area contributed by atoms with Gasteiger partial charge in [0.2, 0.25) is 0 Å². The van der Waals surface area contributed by atoms with Gasteiger partial charge in [-0.2, -0.15) is 0 Å². The molecule has 1 fully saturated rings. The van der Waals surface area contributed by atoms with Gasteiger partial charge in [-0.1, -0.05) is 17.7 Å². The lowest BCUT2D eigenvalue weighted by molar-refractivity contribution is 0.0736. The van der Waals surface area contributed by atoms with Gasteiger partial charge >= 0.3 is 0 Å². The maximum atomic E-state index is 13.4. The largest absolute Gasteiger partial charge is 0.334 e. The molecule has 1 N–H and O–H groups in total. The zero-order valence-electron chi connectivity index (χ0n) is 10.2. The highest BCUT2D eigenvalue weighted by Crippen LogP contribution is 2.25. The molecule has 98 valence electrons. The van der Waals surface area contributed by atoms with Crippen molar-refractivity contribution in [3.05, 3.63) is 34.6 Å². The van der Waals surface area contributed by atoms with Gasteiger partial charge in [0.05, 0.1) is 10.6 Å². The predicted octanol–water partition coefficient (Wildman–Crippen LogP) is 2.30. The number of nitrogens with one attached hydrogen (secondary N) is 1. The SMILES string of the molecule is CNC[C@H]1CCCN1C(=O)c1cccc(F)c1Cl. The van der Waals surface area contributed by atoms with Crippen molar-refractivity contribution in [2.45, 2.75) is 18.9 Å². The zero-order chi connectivity index (χ0) is 13.1. The van der Waals surface area contributed by atoms with E-state index < -0.39 is 5.82 Å². The molecule has 0 spiro atoms. The first-order valence-corrected chi connectivity index (χ1v) is 6.42. The van der Waals surface area contributed by atoms with Crippen molar-refractivity contribution in [2.24, 2.45) is 0 Å². The second-order valence-electron chi connectivity index (χ2n) is 4.45. The average Bonchev–Trinajstić information content (AvgIpc) is 2.80. The number of hydrogen-bond acceptors (Lipinski definition) is 2. The monoisotopic (exact) mass is 270 g/mol. The lowest BCUT2D eigenvalue weighted by atomic mass is 10.1. The standard InChI is InChI=1S/C13H16ClFN2O/c1-16-8-9-4-3-7-17(9)13(18)10-5-2-6-11(15)12(10)14/h2,5-6,9,16H,3-4,7-8H2,1H3/t9-/m1/s1. The second-order valence-corrected chi connectivity index (χ2v) is 4.83. The summed E-state index contributed by atoms with van der Waals surface area (Å²) in [6.07, 6.45) is 1.95. The maximum absolute atomic E-state index is 13.4. The molecule has 2 rings (SSSR count). The molecular weight excluding hydrogens is 255 g/mol. The fourth-order valence-corrected chi connectivity index (χ4v) is 2.58. The lowest BCUT2D eigenvalue weighted by Gasteiger charge is -2.25. The van der Waals surface area contributed by atoms with Crippen LogP contribution in [0.4, 0.5) is 4.39 Å². The molecule has 0 saturated carbocycles. The van der Waals surface area contributed by atoms with Crippen LogP contribution in [0.15, 0.2) is 18.2 Å². The molecule has 0 aromatic heterocycles. The van der Waals surface area contributed by atoms with Gasteiger partial charge in [0, 0.05) is 19.1 Å². The molecule has 0 unspecified atom stereocenters. The summed E-state index contributed by atoms with van der Waals surface area (Å²) in [6.45, 7) is 1.46. The van der Waals surface area contributed by atoms with Gasteiger partial charge in [0.1, 0.15) is 5.82 Å². The maximum Gasteiger partial charge on any atom is 0.255 e. The molecule has 1 amide bonds. The summed E-state index contributed by atoms with van der Waals surface area (Å²) in [5, 5.41) is 2.99.